The van der Waals surface area contributed by atoms with Gasteiger partial charge < -0.3 is 15.4 Å². The van der Waals surface area contributed by atoms with Crippen LogP contribution in [0.1, 0.15) is 6.92 Å². The molecule has 0 aliphatic carbocycles. The quantitative estimate of drug-likeness (QED) is 0.812. The molecule has 2 rings (SSSR count). The molecule has 0 saturated heterocycles. The van der Waals surface area contributed by atoms with Crippen LogP contribution in [0.25, 0.3) is 0 Å². The molecule has 0 fully saturated rings. The number of para-hydroxylation sites is 1. The number of thiocarbonyl (C=S) groups is 1. The average molecular weight is 307 g/mol. The van der Waals surface area contributed by atoms with Crippen molar-refractivity contribution in [3.8, 4) is 5.75 Å². The smallest absolute Gasteiger partial charge is 0.175 e. The normalized spacial score (nSPS) is 9.90. The summed E-state index contributed by atoms with van der Waals surface area (Å²) in [7, 11) is 0. The summed E-state index contributed by atoms with van der Waals surface area (Å²) in [4.78, 5) is 0. The largest absolute Gasteiger partial charge is 0.494 e. The number of hydrogen-bond donors (Lipinski definition) is 2. The molecule has 0 spiro atoms. The zero-order valence-corrected chi connectivity index (χ0v) is 12.6. The molecule has 0 radical (unpaired) electrons. The van der Waals surface area contributed by atoms with Crippen LogP contribution in [0.5, 0.6) is 5.75 Å². The molecule has 3 nitrogen and oxygen atoms in total. The fourth-order valence-electron chi connectivity index (χ4n) is 1.65. The molecule has 2 N–H and O–H groups in total. The van der Waals surface area contributed by atoms with E-state index >= 15 is 0 Å². The second-order valence-corrected chi connectivity index (χ2v) is 4.83. The molecule has 0 aliphatic heterocycles. The predicted octanol–water partition coefficient (Wildman–Crippen LogP) is 4.55. The van der Waals surface area contributed by atoms with Crippen LogP contribution in [-0.4, -0.2) is 11.7 Å². The molecule has 0 amide bonds. The topological polar surface area (TPSA) is 33.3 Å². The van der Waals surface area contributed by atoms with Gasteiger partial charge in [-0.15, -0.1) is 0 Å². The fraction of sp³-hybridized carbons (Fsp3) is 0.133. The molecular weight excluding hydrogens is 292 g/mol. The lowest BCUT2D eigenvalue weighted by Gasteiger charge is -2.12. The van der Waals surface area contributed by atoms with E-state index in [1.165, 1.54) is 0 Å². The highest BCUT2D eigenvalue weighted by molar-refractivity contribution is 7.80. The van der Waals surface area contributed by atoms with E-state index in [2.05, 4.69) is 10.6 Å². The lowest BCUT2D eigenvalue weighted by molar-refractivity contribution is 0.340. The van der Waals surface area contributed by atoms with Crippen molar-refractivity contribution in [3.63, 3.8) is 0 Å². The van der Waals surface area contributed by atoms with Gasteiger partial charge in [0.2, 0.25) is 0 Å². The molecule has 0 aliphatic rings. The first-order chi connectivity index (χ1) is 9.69. The Morgan fingerprint density at radius 1 is 1.10 bits per heavy atom. The molecule has 0 bridgehead atoms. The van der Waals surface area contributed by atoms with Crippen molar-refractivity contribution in [1.29, 1.82) is 0 Å². The molecule has 2 aromatic rings. The van der Waals surface area contributed by atoms with Gasteiger partial charge in [-0.25, -0.2) is 0 Å². The summed E-state index contributed by atoms with van der Waals surface area (Å²) in [5, 5.41) is 7.26. The molecule has 0 atom stereocenters. The van der Waals surface area contributed by atoms with E-state index in [-0.39, 0.29) is 0 Å². The van der Waals surface area contributed by atoms with Gasteiger partial charge in [-0.3, -0.25) is 0 Å². The standard InChI is InChI=1S/C15H15ClN2OS/c1-2-19-12-9-7-11(8-10-12)17-15(20)18-14-6-4-3-5-13(14)16/h3-10H,2H2,1H3,(H2,17,18,20). The lowest BCUT2D eigenvalue weighted by Crippen LogP contribution is -2.19. The third-order valence-corrected chi connectivity index (χ3v) is 3.08. The van der Waals surface area contributed by atoms with E-state index < -0.39 is 0 Å². The fourth-order valence-corrected chi connectivity index (χ4v) is 2.06. The molecule has 5 heteroatoms. The van der Waals surface area contributed by atoms with Gasteiger partial charge in [-0.1, -0.05) is 23.7 Å². The van der Waals surface area contributed by atoms with Crippen LogP contribution >= 0.6 is 23.8 Å². The van der Waals surface area contributed by atoms with Gasteiger partial charge in [0.25, 0.3) is 0 Å². The maximum absolute atomic E-state index is 6.06. The Morgan fingerprint density at radius 3 is 2.45 bits per heavy atom. The number of anilines is 2. The van der Waals surface area contributed by atoms with Gasteiger partial charge in [0.05, 0.1) is 17.3 Å². The number of benzene rings is 2. The van der Waals surface area contributed by atoms with Crippen molar-refractivity contribution < 1.29 is 4.74 Å². The Hall–Kier alpha value is -1.78. The van der Waals surface area contributed by atoms with E-state index in [1.807, 2.05) is 55.5 Å². The van der Waals surface area contributed by atoms with Crippen LogP contribution in [0.15, 0.2) is 48.5 Å². The summed E-state index contributed by atoms with van der Waals surface area (Å²) in [5.74, 6) is 0.836. The second-order valence-electron chi connectivity index (χ2n) is 4.02. The highest BCUT2D eigenvalue weighted by atomic mass is 35.5. The van der Waals surface area contributed by atoms with Gasteiger partial charge in [0.1, 0.15) is 5.75 Å². The highest BCUT2D eigenvalue weighted by Gasteiger charge is 2.02. The van der Waals surface area contributed by atoms with E-state index in [1.54, 1.807) is 0 Å². The van der Waals surface area contributed by atoms with Crippen LogP contribution < -0.4 is 15.4 Å². The first-order valence-corrected chi connectivity index (χ1v) is 7.03. The van der Waals surface area contributed by atoms with Gasteiger partial charge >= 0.3 is 0 Å². The molecule has 0 unspecified atom stereocenters. The van der Waals surface area contributed by atoms with Crippen molar-refractivity contribution in [2.45, 2.75) is 6.92 Å². The summed E-state index contributed by atoms with van der Waals surface area (Å²) >= 11 is 11.3. The van der Waals surface area contributed by atoms with E-state index in [9.17, 15) is 0 Å². The van der Waals surface area contributed by atoms with Crippen molar-refractivity contribution in [3.05, 3.63) is 53.6 Å². The van der Waals surface area contributed by atoms with E-state index in [4.69, 9.17) is 28.6 Å². The Bertz CT molecular complexity index is 587. The Balaban J connectivity index is 1.96. The maximum Gasteiger partial charge on any atom is 0.175 e. The minimum Gasteiger partial charge on any atom is -0.494 e. The molecule has 2 aromatic carbocycles. The van der Waals surface area contributed by atoms with Crippen molar-refractivity contribution >= 4 is 40.3 Å². The second kappa shape index (κ2) is 7.12. The summed E-state index contributed by atoms with van der Waals surface area (Å²) in [6, 6.07) is 15.0. The first-order valence-electron chi connectivity index (χ1n) is 6.24. The predicted molar refractivity (Wildman–Crippen MR) is 88.9 cm³/mol. The van der Waals surface area contributed by atoms with Crippen molar-refractivity contribution in [1.82, 2.24) is 0 Å². The maximum atomic E-state index is 6.06. The number of hydrogen-bond acceptors (Lipinski definition) is 2. The van der Waals surface area contributed by atoms with Crippen molar-refractivity contribution in [2.75, 3.05) is 17.2 Å². The zero-order valence-electron chi connectivity index (χ0n) is 11.0. The summed E-state index contributed by atoms with van der Waals surface area (Å²) in [5.41, 5.74) is 1.66. The van der Waals surface area contributed by atoms with Gasteiger partial charge in [0, 0.05) is 5.69 Å². The van der Waals surface area contributed by atoms with Crippen LogP contribution in [0, 0.1) is 0 Å². The third kappa shape index (κ3) is 4.11. The van der Waals surface area contributed by atoms with Gasteiger partial charge in [-0.05, 0) is 55.5 Å². The van der Waals surface area contributed by atoms with Gasteiger partial charge in [0.15, 0.2) is 5.11 Å². The summed E-state index contributed by atoms with van der Waals surface area (Å²) < 4.78 is 5.38. The number of halogens is 1. The van der Waals surface area contributed by atoms with E-state index in [0.717, 1.165) is 17.1 Å². The van der Waals surface area contributed by atoms with Crippen LogP contribution in [-0.2, 0) is 0 Å². The minimum atomic E-state index is 0.488. The Morgan fingerprint density at radius 2 is 1.80 bits per heavy atom. The van der Waals surface area contributed by atoms with E-state index in [0.29, 0.717) is 16.7 Å². The summed E-state index contributed by atoms with van der Waals surface area (Å²) in [6.07, 6.45) is 0. The Kier molecular flexibility index (Phi) is 5.21. The van der Waals surface area contributed by atoms with Crippen LogP contribution in [0.3, 0.4) is 0 Å². The molecule has 0 heterocycles. The molecule has 0 aromatic heterocycles. The molecule has 104 valence electrons. The first kappa shape index (κ1) is 14.6. The number of ether oxygens (including phenoxy) is 1. The Labute approximate surface area is 128 Å². The minimum absolute atomic E-state index is 0.488. The average Bonchev–Trinajstić information content (AvgIpc) is 2.44. The lowest BCUT2D eigenvalue weighted by atomic mass is 10.3. The zero-order chi connectivity index (χ0) is 14.4. The third-order valence-electron chi connectivity index (χ3n) is 2.55. The van der Waals surface area contributed by atoms with Crippen LogP contribution in [0.4, 0.5) is 11.4 Å². The van der Waals surface area contributed by atoms with Gasteiger partial charge in [-0.2, -0.15) is 0 Å². The highest BCUT2D eigenvalue weighted by Crippen LogP contribution is 2.21. The molecular formula is C15H15ClN2OS. The summed E-state index contributed by atoms with van der Waals surface area (Å²) in [6.45, 7) is 2.61. The number of nitrogens with one attached hydrogen (secondary N) is 2. The SMILES string of the molecule is CCOc1ccc(NC(=S)Nc2ccccc2Cl)cc1. The van der Waals surface area contributed by atoms with Crippen molar-refractivity contribution in [2.24, 2.45) is 0 Å². The molecule has 20 heavy (non-hydrogen) atoms. The number of rotatable bonds is 4. The van der Waals surface area contributed by atoms with Crippen LogP contribution in [0.2, 0.25) is 5.02 Å². The monoisotopic (exact) mass is 306 g/mol. The molecule has 0 saturated carbocycles.